The molecule has 1 aromatic heterocycles. The first-order chi connectivity index (χ1) is 15.5. The number of ether oxygens (including phenoxy) is 1. The Labute approximate surface area is 188 Å². The number of hydrogen-bond donors (Lipinski definition) is 0. The van der Waals surface area contributed by atoms with Gasteiger partial charge in [-0.3, -0.25) is 19.8 Å². The van der Waals surface area contributed by atoms with E-state index < -0.39 is 4.92 Å². The zero-order valence-electron chi connectivity index (χ0n) is 17.3. The zero-order chi connectivity index (χ0) is 22.5. The van der Waals surface area contributed by atoms with Crippen molar-refractivity contribution in [1.82, 2.24) is 9.80 Å². The molecule has 1 saturated heterocycles. The SMILES string of the molecule is O=C(c1cc(COc2ccccc2[N+](=O)[O-])cs1)N1CCN(Cc2ccc(F)cc2)CC1. The van der Waals surface area contributed by atoms with Crippen molar-refractivity contribution >= 4 is 22.9 Å². The fraction of sp³-hybridized carbons (Fsp3) is 0.261. The lowest BCUT2D eigenvalue weighted by atomic mass is 10.2. The van der Waals surface area contributed by atoms with E-state index in [0.717, 1.165) is 30.8 Å². The number of amides is 1. The fourth-order valence-electron chi connectivity index (χ4n) is 3.57. The molecule has 0 atom stereocenters. The molecule has 166 valence electrons. The Kier molecular flexibility index (Phi) is 6.77. The number of nitro benzene ring substituents is 1. The first-order valence-corrected chi connectivity index (χ1v) is 11.1. The number of hydrogen-bond acceptors (Lipinski definition) is 6. The van der Waals surface area contributed by atoms with Gasteiger partial charge in [0.2, 0.25) is 0 Å². The fourth-order valence-corrected chi connectivity index (χ4v) is 4.43. The Bertz CT molecular complexity index is 1090. The van der Waals surface area contributed by atoms with E-state index in [0.29, 0.717) is 18.0 Å². The lowest BCUT2D eigenvalue weighted by molar-refractivity contribution is -0.385. The summed E-state index contributed by atoms with van der Waals surface area (Å²) in [7, 11) is 0. The summed E-state index contributed by atoms with van der Waals surface area (Å²) in [6.45, 7) is 3.64. The first kappa shape index (κ1) is 21.9. The van der Waals surface area contributed by atoms with Crippen molar-refractivity contribution in [2.24, 2.45) is 0 Å². The van der Waals surface area contributed by atoms with Gasteiger partial charge < -0.3 is 9.64 Å². The molecule has 9 heteroatoms. The van der Waals surface area contributed by atoms with Gasteiger partial charge in [0, 0.05) is 44.4 Å². The van der Waals surface area contributed by atoms with Gasteiger partial charge in [0.1, 0.15) is 12.4 Å². The maximum absolute atomic E-state index is 13.1. The molecular formula is C23H22FN3O4S. The van der Waals surface area contributed by atoms with Crippen LogP contribution in [-0.2, 0) is 13.2 Å². The monoisotopic (exact) mass is 455 g/mol. The van der Waals surface area contributed by atoms with Crippen molar-refractivity contribution in [3.8, 4) is 5.75 Å². The number of halogens is 1. The van der Waals surface area contributed by atoms with Crippen LogP contribution in [0.3, 0.4) is 0 Å². The smallest absolute Gasteiger partial charge is 0.310 e. The minimum absolute atomic E-state index is 0.0200. The quantitative estimate of drug-likeness (QED) is 0.392. The number of nitrogens with zero attached hydrogens (tertiary/aromatic N) is 3. The number of benzene rings is 2. The van der Waals surface area contributed by atoms with Crippen molar-refractivity contribution in [3.63, 3.8) is 0 Å². The van der Waals surface area contributed by atoms with Crippen LogP contribution in [0.1, 0.15) is 20.8 Å². The summed E-state index contributed by atoms with van der Waals surface area (Å²) in [5.41, 5.74) is 1.76. The van der Waals surface area contributed by atoms with Gasteiger partial charge >= 0.3 is 5.69 Å². The molecule has 1 amide bonds. The number of carbonyl (C=O) groups excluding carboxylic acids is 1. The summed E-state index contributed by atoms with van der Waals surface area (Å²) in [6, 6.07) is 14.5. The molecule has 1 fully saturated rings. The third-order valence-corrected chi connectivity index (χ3v) is 6.27. The van der Waals surface area contributed by atoms with E-state index in [9.17, 15) is 19.3 Å². The Morgan fingerprint density at radius 2 is 1.78 bits per heavy atom. The van der Waals surface area contributed by atoms with Gasteiger partial charge in [-0.25, -0.2) is 4.39 Å². The van der Waals surface area contributed by atoms with Crippen LogP contribution in [-0.4, -0.2) is 46.8 Å². The molecule has 0 saturated carbocycles. The molecule has 0 radical (unpaired) electrons. The van der Waals surface area contributed by atoms with E-state index in [4.69, 9.17) is 4.74 Å². The molecule has 0 unspecified atom stereocenters. The van der Waals surface area contributed by atoms with E-state index in [1.807, 2.05) is 10.3 Å². The highest BCUT2D eigenvalue weighted by atomic mass is 32.1. The van der Waals surface area contributed by atoms with Gasteiger partial charge in [-0.15, -0.1) is 11.3 Å². The predicted molar refractivity (Wildman–Crippen MR) is 119 cm³/mol. The van der Waals surface area contributed by atoms with Crippen molar-refractivity contribution in [1.29, 1.82) is 0 Å². The number of para-hydroxylation sites is 2. The van der Waals surface area contributed by atoms with Crippen LogP contribution < -0.4 is 4.74 Å². The van der Waals surface area contributed by atoms with Gasteiger partial charge in [0.15, 0.2) is 5.75 Å². The van der Waals surface area contributed by atoms with E-state index in [-0.39, 0.29) is 29.8 Å². The normalized spacial score (nSPS) is 14.3. The average molecular weight is 456 g/mol. The maximum Gasteiger partial charge on any atom is 0.310 e. The van der Waals surface area contributed by atoms with Crippen molar-refractivity contribution < 1.29 is 18.8 Å². The van der Waals surface area contributed by atoms with Crippen molar-refractivity contribution in [2.75, 3.05) is 26.2 Å². The highest BCUT2D eigenvalue weighted by Crippen LogP contribution is 2.27. The predicted octanol–water partition coefficient (Wildman–Crippen LogP) is 4.33. The van der Waals surface area contributed by atoms with Gasteiger partial charge in [-0.1, -0.05) is 24.3 Å². The molecule has 2 heterocycles. The average Bonchev–Trinajstić information content (AvgIpc) is 3.28. The molecule has 3 aromatic rings. The first-order valence-electron chi connectivity index (χ1n) is 10.2. The largest absolute Gasteiger partial charge is 0.482 e. The number of thiophene rings is 1. The topological polar surface area (TPSA) is 75.9 Å². The summed E-state index contributed by atoms with van der Waals surface area (Å²) in [4.78, 5) is 28.2. The summed E-state index contributed by atoms with van der Waals surface area (Å²) in [5.74, 6) is -0.0610. The highest BCUT2D eigenvalue weighted by molar-refractivity contribution is 7.12. The Morgan fingerprint density at radius 3 is 2.50 bits per heavy atom. The molecule has 0 spiro atoms. The van der Waals surface area contributed by atoms with Gasteiger partial charge in [0.25, 0.3) is 5.91 Å². The standard InChI is InChI=1S/C23H22FN3O4S/c24-19-7-5-17(6-8-19)14-25-9-11-26(12-10-25)23(28)22-13-18(16-32-22)15-31-21-4-2-1-3-20(21)27(29)30/h1-8,13,16H,9-12,14-15H2. The van der Waals surface area contributed by atoms with E-state index >= 15 is 0 Å². The van der Waals surface area contributed by atoms with E-state index in [1.165, 1.54) is 29.5 Å². The summed E-state index contributed by atoms with van der Waals surface area (Å²) in [6.07, 6.45) is 0. The second-order valence-corrected chi connectivity index (χ2v) is 8.44. The molecule has 7 nitrogen and oxygen atoms in total. The second-order valence-electron chi connectivity index (χ2n) is 7.53. The van der Waals surface area contributed by atoms with Gasteiger partial charge in [-0.05, 0) is 35.2 Å². The van der Waals surface area contributed by atoms with Crippen LogP contribution in [0.4, 0.5) is 10.1 Å². The van der Waals surface area contributed by atoms with Crippen LogP contribution in [0.25, 0.3) is 0 Å². The van der Waals surface area contributed by atoms with Crippen molar-refractivity contribution in [3.05, 3.63) is 91.9 Å². The lowest BCUT2D eigenvalue weighted by Gasteiger charge is -2.34. The Hall–Kier alpha value is -3.30. The summed E-state index contributed by atoms with van der Waals surface area (Å²) < 4.78 is 18.7. The number of piperazine rings is 1. The van der Waals surface area contributed by atoms with Crippen LogP contribution in [0.5, 0.6) is 5.75 Å². The molecule has 2 aromatic carbocycles. The molecule has 0 aliphatic carbocycles. The minimum Gasteiger partial charge on any atom is -0.482 e. The van der Waals surface area contributed by atoms with E-state index in [1.54, 1.807) is 36.4 Å². The summed E-state index contributed by atoms with van der Waals surface area (Å²) in [5, 5.41) is 12.9. The number of nitro groups is 1. The molecular weight excluding hydrogens is 433 g/mol. The van der Waals surface area contributed by atoms with Crippen LogP contribution >= 0.6 is 11.3 Å². The Morgan fingerprint density at radius 1 is 1.06 bits per heavy atom. The third-order valence-electron chi connectivity index (χ3n) is 5.30. The molecule has 1 aliphatic rings. The molecule has 32 heavy (non-hydrogen) atoms. The highest BCUT2D eigenvalue weighted by Gasteiger charge is 2.23. The van der Waals surface area contributed by atoms with E-state index in [2.05, 4.69) is 4.90 Å². The number of rotatable bonds is 7. The second kappa shape index (κ2) is 9.88. The minimum atomic E-state index is -0.479. The molecule has 1 aliphatic heterocycles. The molecule has 4 rings (SSSR count). The van der Waals surface area contributed by atoms with Crippen molar-refractivity contribution in [2.45, 2.75) is 13.2 Å². The van der Waals surface area contributed by atoms with Gasteiger partial charge in [0.05, 0.1) is 9.80 Å². The summed E-state index contributed by atoms with van der Waals surface area (Å²) >= 11 is 1.35. The maximum atomic E-state index is 13.1. The van der Waals surface area contributed by atoms with Gasteiger partial charge in [-0.2, -0.15) is 0 Å². The van der Waals surface area contributed by atoms with Crippen LogP contribution in [0.15, 0.2) is 60.0 Å². The third kappa shape index (κ3) is 5.30. The molecule has 0 bridgehead atoms. The Balaban J connectivity index is 1.29. The zero-order valence-corrected chi connectivity index (χ0v) is 18.1. The number of carbonyl (C=O) groups is 1. The van der Waals surface area contributed by atoms with Crippen LogP contribution in [0.2, 0.25) is 0 Å². The van der Waals surface area contributed by atoms with Crippen LogP contribution in [0, 0.1) is 15.9 Å². The molecule has 0 N–H and O–H groups in total. The lowest BCUT2D eigenvalue weighted by Crippen LogP contribution is -2.48.